The standard InChI is InChI=1S/C13H9BrF2O/c14-10-3-1-2-9(6-10)8-17-13-5-4-11(15)7-12(13)16/h1-7H,8H2. The van der Waals surface area contributed by atoms with Crippen LogP contribution in [-0.2, 0) is 6.61 Å². The molecule has 88 valence electrons. The highest BCUT2D eigenvalue weighted by atomic mass is 79.9. The van der Waals surface area contributed by atoms with Gasteiger partial charge >= 0.3 is 0 Å². The SMILES string of the molecule is Fc1ccc(OCc2cccc(Br)c2)c(F)c1. The van der Waals surface area contributed by atoms with Crippen LogP contribution in [0.3, 0.4) is 0 Å². The lowest BCUT2D eigenvalue weighted by atomic mass is 10.2. The number of hydrogen-bond donors (Lipinski definition) is 0. The molecule has 2 rings (SSSR count). The van der Waals surface area contributed by atoms with Gasteiger partial charge in [-0.05, 0) is 29.8 Å². The molecule has 0 unspecified atom stereocenters. The van der Waals surface area contributed by atoms with Crippen molar-refractivity contribution < 1.29 is 13.5 Å². The summed E-state index contributed by atoms with van der Waals surface area (Å²) < 4.78 is 32.1. The molecule has 0 saturated carbocycles. The molecule has 0 aliphatic rings. The minimum atomic E-state index is -0.694. The lowest BCUT2D eigenvalue weighted by Gasteiger charge is -2.07. The van der Waals surface area contributed by atoms with E-state index in [1.807, 2.05) is 24.3 Å². The van der Waals surface area contributed by atoms with E-state index in [1.54, 1.807) is 0 Å². The maximum atomic E-state index is 13.3. The summed E-state index contributed by atoms with van der Waals surface area (Å²) in [7, 11) is 0. The van der Waals surface area contributed by atoms with Gasteiger partial charge in [0.25, 0.3) is 0 Å². The van der Waals surface area contributed by atoms with Gasteiger partial charge in [0.05, 0.1) is 0 Å². The lowest BCUT2D eigenvalue weighted by Crippen LogP contribution is -1.97. The molecule has 1 nitrogen and oxygen atoms in total. The number of benzene rings is 2. The molecule has 0 aliphatic heterocycles. The van der Waals surface area contributed by atoms with Crippen LogP contribution >= 0.6 is 15.9 Å². The van der Waals surface area contributed by atoms with E-state index in [-0.39, 0.29) is 12.4 Å². The van der Waals surface area contributed by atoms with Crippen molar-refractivity contribution in [3.05, 3.63) is 64.1 Å². The molecule has 0 saturated heterocycles. The highest BCUT2D eigenvalue weighted by Crippen LogP contribution is 2.19. The summed E-state index contributed by atoms with van der Waals surface area (Å²) in [5.41, 5.74) is 0.906. The Morgan fingerprint density at radius 1 is 1.06 bits per heavy atom. The number of hydrogen-bond acceptors (Lipinski definition) is 1. The van der Waals surface area contributed by atoms with Gasteiger partial charge in [-0.3, -0.25) is 0 Å². The van der Waals surface area contributed by atoms with Crippen molar-refractivity contribution in [2.45, 2.75) is 6.61 Å². The smallest absolute Gasteiger partial charge is 0.167 e. The Morgan fingerprint density at radius 2 is 1.88 bits per heavy atom. The average Bonchev–Trinajstić information content (AvgIpc) is 2.28. The summed E-state index contributed by atoms with van der Waals surface area (Å²) in [6, 6.07) is 10.7. The molecule has 0 atom stereocenters. The minimum Gasteiger partial charge on any atom is -0.486 e. The molecule has 0 spiro atoms. The largest absolute Gasteiger partial charge is 0.486 e. The van der Waals surface area contributed by atoms with Crippen molar-refractivity contribution in [2.75, 3.05) is 0 Å². The Labute approximate surface area is 106 Å². The summed E-state index contributed by atoms with van der Waals surface area (Å²) in [6.07, 6.45) is 0. The lowest BCUT2D eigenvalue weighted by molar-refractivity contribution is 0.289. The third-order valence-corrected chi connectivity index (χ3v) is 2.67. The maximum absolute atomic E-state index is 13.3. The monoisotopic (exact) mass is 298 g/mol. The molecule has 2 aromatic rings. The van der Waals surface area contributed by atoms with Crippen LogP contribution in [0.1, 0.15) is 5.56 Å². The zero-order chi connectivity index (χ0) is 12.3. The van der Waals surface area contributed by atoms with Gasteiger partial charge in [-0.1, -0.05) is 28.1 Å². The Bertz CT molecular complexity index is 529. The van der Waals surface area contributed by atoms with Crippen LogP contribution in [0.5, 0.6) is 5.75 Å². The van der Waals surface area contributed by atoms with Crippen molar-refractivity contribution in [3.63, 3.8) is 0 Å². The normalized spacial score (nSPS) is 10.3. The van der Waals surface area contributed by atoms with Crippen molar-refractivity contribution in [2.24, 2.45) is 0 Å². The average molecular weight is 299 g/mol. The van der Waals surface area contributed by atoms with Gasteiger partial charge in [-0.2, -0.15) is 0 Å². The number of rotatable bonds is 3. The van der Waals surface area contributed by atoms with E-state index in [1.165, 1.54) is 12.1 Å². The molecule has 0 radical (unpaired) electrons. The van der Waals surface area contributed by atoms with E-state index in [9.17, 15) is 8.78 Å². The summed E-state index contributed by atoms with van der Waals surface area (Å²) in [6.45, 7) is 0.238. The Morgan fingerprint density at radius 3 is 2.59 bits per heavy atom. The van der Waals surface area contributed by atoms with Crippen LogP contribution in [-0.4, -0.2) is 0 Å². The molecule has 17 heavy (non-hydrogen) atoms. The fraction of sp³-hybridized carbons (Fsp3) is 0.0769. The zero-order valence-electron chi connectivity index (χ0n) is 8.79. The van der Waals surface area contributed by atoms with E-state index < -0.39 is 11.6 Å². The quantitative estimate of drug-likeness (QED) is 0.820. The highest BCUT2D eigenvalue weighted by molar-refractivity contribution is 9.10. The predicted molar refractivity (Wildman–Crippen MR) is 64.8 cm³/mol. The molecule has 2 aromatic carbocycles. The third-order valence-electron chi connectivity index (χ3n) is 2.18. The van der Waals surface area contributed by atoms with Crippen LogP contribution in [0.4, 0.5) is 8.78 Å². The second-order valence-corrected chi connectivity index (χ2v) is 4.41. The van der Waals surface area contributed by atoms with Gasteiger partial charge in [0, 0.05) is 10.5 Å². The summed E-state index contributed by atoms with van der Waals surface area (Å²) in [4.78, 5) is 0. The first-order valence-corrected chi connectivity index (χ1v) is 5.77. The van der Waals surface area contributed by atoms with Gasteiger partial charge < -0.3 is 4.74 Å². The van der Waals surface area contributed by atoms with Crippen molar-refractivity contribution >= 4 is 15.9 Å². The summed E-state index contributed by atoms with van der Waals surface area (Å²) in [5.74, 6) is -1.26. The second-order valence-electron chi connectivity index (χ2n) is 3.49. The highest BCUT2D eigenvalue weighted by Gasteiger charge is 2.05. The minimum absolute atomic E-state index is 0.0476. The van der Waals surface area contributed by atoms with Gasteiger partial charge in [0.2, 0.25) is 0 Å². The zero-order valence-corrected chi connectivity index (χ0v) is 10.4. The van der Waals surface area contributed by atoms with E-state index in [0.29, 0.717) is 0 Å². The van der Waals surface area contributed by atoms with Crippen molar-refractivity contribution in [1.29, 1.82) is 0 Å². The van der Waals surface area contributed by atoms with E-state index in [2.05, 4.69) is 15.9 Å². The maximum Gasteiger partial charge on any atom is 0.167 e. The molecule has 0 bridgehead atoms. The Hall–Kier alpha value is -1.42. The second kappa shape index (κ2) is 5.27. The van der Waals surface area contributed by atoms with Crippen LogP contribution in [0.25, 0.3) is 0 Å². The molecule has 0 aliphatic carbocycles. The fourth-order valence-electron chi connectivity index (χ4n) is 1.38. The van der Waals surface area contributed by atoms with Crippen LogP contribution in [0, 0.1) is 11.6 Å². The van der Waals surface area contributed by atoms with Gasteiger partial charge in [0.1, 0.15) is 12.4 Å². The first-order chi connectivity index (χ1) is 8.15. The van der Waals surface area contributed by atoms with Gasteiger partial charge in [-0.25, -0.2) is 8.78 Å². The number of halogens is 3. The first kappa shape index (κ1) is 12.0. The molecule has 0 N–H and O–H groups in total. The van der Waals surface area contributed by atoms with E-state index in [4.69, 9.17) is 4.74 Å². The van der Waals surface area contributed by atoms with E-state index >= 15 is 0 Å². The van der Waals surface area contributed by atoms with Crippen molar-refractivity contribution in [1.82, 2.24) is 0 Å². The summed E-state index contributed by atoms with van der Waals surface area (Å²) in [5, 5.41) is 0. The van der Waals surface area contributed by atoms with E-state index in [0.717, 1.165) is 16.1 Å². The van der Waals surface area contributed by atoms with Crippen LogP contribution in [0.2, 0.25) is 0 Å². The fourth-order valence-corrected chi connectivity index (χ4v) is 1.83. The topological polar surface area (TPSA) is 9.23 Å². The Kier molecular flexibility index (Phi) is 3.74. The third kappa shape index (κ3) is 3.27. The first-order valence-electron chi connectivity index (χ1n) is 4.97. The predicted octanol–water partition coefficient (Wildman–Crippen LogP) is 4.31. The van der Waals surface area contributed by atoms with Crippen LogP contribution in [0.15, 0.2) is 46.9 Å². The Balaban J connectivity index is 2.07. The molecule has 4 heteroatoms. The molecular weight excluding hydrogens is 290 g/mol. The van der Waals surface area contributed by atoms with Crippen molar-refractivity contribution in [3.8, 4) is 5.75 Å². The molecular formula is C13H9BrF2O. The molecule has 0 aromatic heterocycles. The molecule has 0 amide bonds. The molecule has 0 fully saturated rings. The molecule has 0 heterocycles. The van der Waals surface area contributed by atoms with Gasteiger partial charge in [-0.15, -0.1) is 0 Å². The van der Waals surface area contributed by atoms with Gasteiger partial charge in [0.15, 0.2) is 11.6 Å². The summed E-state index contributed by atoms with van der Waals surface area (Å²) >= 11 is 3.33. The number of ether oxygens (including phenoxy) is 1. The van der Waals surface area contributed by atoms with Crippen LogP contribution < -0.4 is 4.74 Å².